The van der Waals surface area contributed by atoms with E-state index in [2.05, 4.69) is 21.0 Å². The molecular weight excluding hydrogens is 242 g/mol. The highest BCUT2D eigenvalue weighted by atomic mass is 35.5. The van der Waals surface area contributed by atoms with Crippen molar-refractivity contribution in [1.29, 1.82) is 0 Å². The summed E-state index contributed by atoms with van der Waals surface area (Å²) in [4.78, 5) is 11.4. The third-order valence-corrected chi connectivity index (χ3v) is 3.88. The molecule has 82 valence electrons. The lowest BCUT2D eigenvalue weighted by Gasteiger charge is -2.10. The molecule has 0 unspecified atom stereocenters. The molecule has 2 aromatic heterocycles. The van der Waals surface area contributed by atoms with Crippen molar-refractivity contribution in [3.63, 3.8) is 0 Å². The number of nitrogens with zero attached hydrogens (tertiary/aromatic N) is 2. The highest BCUT2D eigenvalue weighted by Crippen LogP contribution is 2.29. The Morgan fingerprint density at radius 3 is 3.06 bits per heavy atom. The number of rotatable bonds is 1. The fraction of sp³-hybridized carbons (Fsp3) is 0.273. The molecule has 0 saturated carbocycles. The first-order chi connectivity index (χ1) is 7.84. The van der Waals surface area contributed by atoms with Gasteiger partial charge in [0.2, 0.25) is 0 Å². The largest absolute Gasteiger partial charge is 0.339 e. The van der Waals surface area contributed by atoms with Crippen LogP contribution < -0.4 is 0 Å². The van der Waals surface area contributed by atoms with Crippen molar-refractivity contribution in [2.24, 2.45) is 0 Å². The van der Waals surface area contributed by atoms with Crippen molar-refractivity contribution >= 4 is 40.0 Å². The molecular formula is C11H10ClN3S. The molecule has 5 heteroatoms. The molecule has 1 aliphatic rings. The van der Waals surface area contributed by atoms with E-state index in [9.17, 15) is 0 Å². The van der Waals surface area contributed by atoms with E-state index in [1.54, 1.807) is 0 Å². The zero-order chi connectivity index (χ0) is 11.0. The Kier molecular flexibility index (Phi) is 2.61. The van der Waals surface area contributed by atoms with Gasteiger partial charge < -0.3 is 4.98 Å². The Hall–Kier alpha value is -1.000. The molecule has 2 aromatic rings. The highest BCUT2D eigenvalue weighted by molar-refractivity contribution is 7.99. The third kappa shape index (κ3) is 1.72. The number of nitrogens with one attached hydrogen (secondary N) is 1. The lowest BCUT2D eigenvalue weighted by Crippen LogP contribution is -1.95. The average Bonchev–Trinajstić information content (AvgIpc) is 2.76. The molecule has 16 heavy (non-hydrogen) atoms. The summed E-state index contributed by atoms with van der Waals surface area (Å²) in [6.45, 7) is 0. The molecule has 0 saturated heterocycles. The molecule has 0 amide bonds. The van der Waals surface area contributed by atoms with Crippen molar-refractivity contribution in [3.05, 3.63) is 29.3 Å². The maximum Gasteiger partial charge on any atom is 0.142 e. The quantitative estimate of drug-likeness (QED) is 0.792. The van der Waals surface area contributed by atoms with Gasteiger partial charge in [-0.15, -0.1) is 0 Å². The van der Waals surface area contributed by atoms with Gasteiger partial charge in [0.15, 0.2) is 0 Å². The van der Waals surface area contributed by atoms with E-state index in [1.165, 1.54) is 17.7 Å². The van der Waals surface area contributed by atoms with Crippen molar-refractivity contribution in [3.8, 4) is 0 Å². The van der Waals surface area contributed by atoms with Gasteiger partial charge in [0, 0.05) is 11.4 Å². The summed E-state index contributed by atoms with van der Waals surface area (Å²) in [6, 6.07) is 2.04. The predicted octanol–water partition coefficient (Wildman–Crippen LogP) is 3.13. The van der Waals surface area contributed by atoms with Gasteiger partial charge in [0.25, 0.3) is 0 Å². The van der Waals surface area contributed by atoms with Crippen molar-refractivity contribution < 1.29 is 0 Å². The normalized spacial score (nSPS) is 16.4. The summed E-state index contributed by atoms with van der Waals surface area (Å²) in [5, 5.41) is 1.41. The number of aromatic amines is 1. The molecule has 0 aromatic carbocycles. The number of H-pyrrole nitrogens is 1. The number of hydrogen-bond acceptors (Lipinski definition) is 3. The van der Waals surface area contributed by atoms with E-state index in [0.29, 0.717) is 5.15 Å². The van der Waals surface area contributed by atoms with Crippen LogP contribution in [-0.4, -0.2) is 26.5 Å². The summed E-state index contributed by atoms with van der Waals surface area (Å²) in [5.41, 5.74) is 3.29. The standard InChI is InChI=1S/C11H10ClN3S/c12-10-8-5-9(7-1-3-16-4-2-7)15-11(8)14-6-13-10/h1,5-6H,2-4H2,(H,13,14,15). The van der Waals surface area contributed by atoms with Crippen LogP contribution in [0.1, 0.15) is 12.1 Å². The summed E-state index contributed by atoms with van der Waals surface area (Å²) in [6.07, 6.45) is 4.85. The maximum atomic E-state index is 6.01. The summed E-state index contributed by atoms with van der Waals surface area (Å²) < 4.78 is 0. The van der Waals surface area contributed by atoms with Crippen molar-refractivity contribution in [2.75, 3.05) is 11.5 Å². The lowest BCUT2D eigenvalue weighted by atomic mass is 10.1. The first-order valence-electron chi connectivity index (χ1n) is 5.11. The molecule has 0 bridgehead atoms. The van der Waals surface area contributed by atoms with Gasteiger partial charge in [-0.1, -0.05) is 17.7 Å². The molecule has 0 atom stereocenters. The minimum absolute atomic E-state index is 0.512. The Morgan fingerprint density at radius 1 is 1.38 bits per heavy atom. The van der Waals surface area contributed by atoms with Crippen LogP contribution in [0.3, 0.4) is 0 Å². The van der Waals surface area contributed by atoms with Crippen molar-refractivity contribution in [2.45, 2.75) is 6.42 Å². The van der Waals surface area contributed by atoms with E-state index in [-0.39, 0.29) is 0 Å². The predicted molar refractivity (Wildman–Crippen MR) is 68.8 cm³/mol. The minimum atomic E-state index is 0.512. The van der Waals surface area contributed by atoms with E-state index in [4.69, 9.17) is 11.6 Å². The number of thioether (sulfide) groups is 1. The van der Waals surface area contributed by atoms with Crippen LogP contribution in [0.25, 0.3) is 16.6 Å². The van der Waals surface area contributed by atoms with Crippen LogP contribution in [-0.2, 0) is 0 Å². The van der Waals surface area contributed by atoms with Crippen molar-refractivity contribution in [1.82, 2.24) is 15.0 Å². The molecule has 0 radical (unpaired) electrons. The number of allylic oxidation sites excluding steroid dienone is 1. The number of fused-ring (bicyclic) bond motifs is 1. The van der Waals surface area contributed by atoms with Gasteiger partial charge in [0.1, 0.15) is 17.1 Å². The molecule has 3 nitrogen and oxygen atoms in total. The molecule has 1 aliphatic heterocycles. The van der Waals surface area contributed by atoms with Gasteiger partial charge in [-0.3, -0.25) is 0 Å². The topological polar surface area (TPSA) is 41.6 Å². The first kappa shape index (κ1) is 10.2. The van der Waals surface area contributed by atoms with E-state index < -0.39 is 0 Å². The smallest absolute Gasteiger partial charge is 0.142 e. The Labute approximate surface area is 102 Å². The number of hydrogen-bond donors (Lipinski definition) is 1. The molecule has 0 fully saturated rings. The first-order valence-corrected chi connectivity index (χ1v) is 6.64. The Bertz CT molecular complexity index is 561. The summed E-state index contributed by atoms with van der Waals surface area (Å²) in [7, 11) is 0. The molecule has 0 aliphatic carbocycles. The van der Waals surface area contributed by atoms with Gasteiger partial charge in [-0.05, 0) is 23.8 Å². The molecule has 1 N–H and O–H groups in total. The van der Waals surface area contributed by atoms with Crippen LogP contribution in [0, 0.1) is 0 Å². The van der Waals surface area contributed by atoms with Crippen LogP contribution in [0.5, 0.6) is 0 Å². The molecule has 3 rings (SSSR count). The fourth-order valence-electron chi connectivity index (χ4n) is 1.85. The number of halogens is 1. The Morgan fingerprint density at radius 2 is 2.31 bits per heavy atom. The average molecular weight is 252 g/mol. The van der Waals surface area contributed by atoms with Crippen LogP contribution >= 0.6 is 23.4 Å². The monoisotopic (exact) mass is 251 g/mol. The molecule has 3 heterocycles. The van der Waals surface area contributed by atoms with Gasteiger partial charge in [-0.2, -0.15) is 11.8 Å². The van der Waals surface area contributed by atoms with E-state index in [0.717, 1.165) is 28.9 Å². The minimum Gasteiger partial charge on any atom is -0.339 e. The SMILES string of the molecule is Clc1ncnc2[nH]c(C3=CCSCC3)cc12. The van der Waals surface area contributed by atoms with Crippen LogP contribution in [0.15, 0.2) is 18.5 Å². The third-order valence-electron chi connectivity index (χ3n) is 2.69. The second-order valence-electron chi connectivity index (χ2n) is 3.66. The van der Waals surface area contributed by atoms with Crippen LogP contribution in [0.4, 0.5) is 0 Å². The second kappa shape index (κ2) is 4.11. The second-order valence-corrected chi connectivity index (χ2v) is 5.17. The lowest BCUT2D eigenvalue weighted by molar-refractivity contribution is 1.17. The van der Waals surface area contributed by atoms with Gasteiger partial charge >= 0.3 is 0 Å². The number of aromatic nitrogens is 3. The van der Waals surface area contributed by atoms with Gasteiger partial charge in [0.05, 0.1) is 5.39 Å². The van der Waals surface area contributed by atoms with E-state index >= 15 is 0 Å². The Balaban J connectivity index is 2.11. The van der Waals surface area contributed by atoms with Crippen LogP contribution in [0.2, 0.25) is 5.15 Å². The zero-order valence-corrected chi connectivity index (χ0v) is 10.1. The maximum absolute atomic E-state index is 6.01. The fourth-order valence-corrected chi connectivity index (χ4v) is 2.89. The van der Waals surface area contributed by atoms with E-state index in [1.807, 2.05) is 17.8 Å². The highest BCUT2D eigenvalue weighted by Gasteiger charge is 2.11. The zero-order valence-electron chi connectivity index (χ0n) is 8.53. The van der Waals surface area contributed by atoms with Gasteiger partial charge in [-0.25, -0.2) is 9.97 Å². The molecule has 0 spiro atoms. The summed E-state index contributed by atoms with van der Waals surface area (Å²) in [5.74, 6) is 2.27. The summed E-state index contributed by atoms with van der Waals surface area (Å²) >= 11 is 7.97.